The molecule has 25 heavy (non-hydrogen) atoms. The van der Waals surface area contributed by atoms with Crippen LogP contribution in [0, 0.1) is 18.8 Å². The van der Waals surface area contributed by atoms with E-state index in [1.54, 1.807) is 0 Å². The van der Waals surface area contributed by atoms with Crippen LogP contribution in [0.1, 0.15) is 51.3 Å². The Morgan fingerprint density at radius 1 is 1.12 bits per heavy atom. The molecule has 0 bridgehead atoms. The van der Waals surface area contributed by atoms with Gasteiger partial charge in [-0.1, -0.05) is 34.6 Å². The molecule has 138 valence electrons. The van der Waals surface area contributed by atoms with Gasteiger partial charge in [-0.25, -0.2) is 4.79 Å². The highest BCUT2D eigenvalue weighted by Gasteiger charge is 2.22. The topological polar surface area (TPSA) is 54.9 Å². The summed E-state index contributed by atoms with van der Waals surface area (Å²) in [5, 5.41) is 11.7. The molecule has 0 radical (unpaired) electrons. The van der Waals surface area contributed by atoms with Crippen LogP contribution in [0.3, 0.4) is 0 Å². The summed E-state index contributed by atoms with van der Waals surface area (Å²) in [6.45, 7) is 15.5. The number of hydrogen-bond donors (Lipinski definition) is 2. The molecule has 1 heterocycles. The lowest BCUT2D eigenvalue weighted by Crippen LogP contribution is -3.11. The van der Waals surface area contributed by atoms with E-state index >= 15 is 0 Å². The third kappa shape index (κ3) is 4.63. The molecule has 0 spiro atoms. The summed E-state index contributed by atoms with van der Waals surface area (Å²) in [4.78, 5) is 13.3. The zero-order valence-corrected chi connectivity index (χ0v) is 16.4. The van der Waals surface area contributed by atoms with Crippen molar-refractivity contribution in [2.75, 3.05) is 13.1 Å². The van der Waals surface area contributed by atoms with Crippen molar-refractivity contribution in [2.24, 2.45) is 11.8 Å². The van der Waals surface area contributed by atoms with E-state index in [9.17, 15) is 9.90 Å². The molecule has 2 rings (SSSR count). The van der Waals surface area contributed by atoms with E-state index < -0.39 is 0 Å². The standard InChI is InChI=1S/C21H31NO3/c1-7-16-9-17-15(6)8-19(23)25-21(17)18(20(16)24)12-22(10-13(2)3)11-14(4)5/h8-9,13-14,24H,7,10-12H2,1-6H3/p+1. The van der Waals surface area contributed by atoms with Gasteiger partial charge in [0.25, 0.3) is 0 Å². The van der Waals surface area contributed by atoms with Gasteiger partial charge in [0.05, 0.1) is 18.7 Å². The van der Waals surface area contributed by atoms with Crippen molar-refractivity contribution in [3.05, 3.63) is 39.2 Å². The van der Waals surface area contributed by atoms with E-state index in [2.05, 4.69) is 27.7 Å². The van der Waals surface area contributed by atoms with Gasteiger partial charge >= 0.3 is 5.63 Å². The largest absolute Gasteiger partial charge is 0.507 e. The first-order valence-electron chi connectivity index (χ1n) is 9.34. The Hall–Kier alpha value is -1.81. The zero-order chi connectivity index (χ0) is 18.7. The molecule has 0 aliphatic carbocycles. The molecule has 0 saturated carbocycles. The monoisotopic (exact) mass is 346 g/mol. The van der Waals surface area contributed by atoms with Gasteiger partial charge in [0.2, 0.25) is 0 Å². The second kappa shape index (κ2) is 8.05. The Morgan fingerprint density at radius 3 is 2.24 bits per heavy atom. The minimum Gasteiger partial charge on any atom is -0.507 e. The van der Waals surface area contributed by atoms with Gasteiger partial charge in [-0.05, 0) is 30.5 Å². The van der Waals surface area contributed by atoms with Crippen LogP contribution >= 0.6 is 0 Å². The summed E-state index contributed by atoms with van der Waals surface area (Å²) in [6, 6.07) is 3.48. The third-order valence-corrected chi connectivity index (χ3v) is 4.59. The fraction of sp³-hybridized carbons (Fsp3) is 0.571. The van der Waals surface area contributed by atoms with Gasteiger partial charge in [0, 0.05) is 23.3 Å². The molecule has 4 nitrogen and oxygen atoms in total. The summed E-state index contributed by atoms with van der Waals surface area (Å²) in [6.07, 6.45) is 0.747. The number of hydrogen-bond acceptors (Lipinski definition) is 3. The maximum Gasteiger partial charge on any atom is 0.336 e. The third-order valence-electron chi connectivity index (χ3n) is 4.59. The maximum atomic E-state index is 11.9. The fourth-order valence-corrected chi connectivity index (χ4v) is 3.63. The molecule has 0 saturated heterocycles. The highest BCUT2D eigenvalue weighted by molar-refractivity contribution is 5.86. The number of quaternary nitrogens is 1. The summed E-state index contributed by atoms with van der Waals surface area (Å²) in [5.41, 5.74) is 2.77. The van der Waals surface area contributed by atoms with Crippen LogP contribution in [0.5, 0.6) is 5.75 Å². The van der Waals surface area contributed by atoms with Crippen LogP contribution in [0.4, 0.5) is 0 Å². The smallest absolute Gasteiger partial charge is 0.336 e. The second-order valence-corrected chi connectivity index (χ2v) is 7.96. The van der Waals surface area contributed by atoms with Crippen LogP contribution in [-0.4, -0.2) is 18.2 Å². The van der Waals surface area contributed by atoms with E-state index in [1.165, 1.54) is 11.0 Å². The first-order chi connectivity index (χ1) is 11.7. The number of aryl methyl sites for hydroxylation is 2. The van der Waals surface area contributed by atoms with E-state index in [0.29, 0.717) is 24.0 Å². The van der Waals surface area contributed by atoms with Crippen molar-refractivity contribution >= 4 is 11.0 Å². The number of phenolic OH excluding ortho intramolecular Hbond substituents is 1. The van der Waals surface area contributed by atoms with Gasteiger partial charge < -0.3 is 14.4 Å². The van der Waals surface area contributed by atoms with Crippen LogP contribution in [0.15, 0.2) is 21.3 Å². The lowest BCUT2D eigenvalue weighted by atomic mass is 9.99. The highest BCUT2D eigenvalue weighted by Crippen LogP contribution is 2.32. The van der Waals surface area contributed by atoms with Gasteiger partial charge in [0.1, 0.15) is 12.3 Å². The van der Waals surface area contributed by atoms with Gasteiger partial charge in [-0.2, -0.15) is 0 Å². The lowest BCUT2D eigenvalue weighted by Gasteiger charge is -2.24. The summed E-state index contributed by atoms with van der Waals surface area (Å²) >= 11 is 0. The first-order valence-corrected chi connectivity index (χ1v) is 9.34. The Morgan fingerprint density at radius 2 is 1.72 bits per heavy atom. The normalized spacial score (nSPS) is 12.0. The van der Waals surface area contributed by atoms with Crippen LogP contribution in [0.2, 0.25) is 0 Å². The molecule has 0 unspecified atom stereocenters. The van der Waals surface area contributed by atoms with Gasteiger partial charge in [-0.3, -0.25) is 0 Å². The molecule has 1 aromatic carbocycles. The number of fused-ring (bicyclic) bond motifs is 1. The lowest BCUT2D eigenvalue weighted by molar-refractivity contribution is -0.919. The predicted molar refractivity (Wildman–Crippen MR) is 102 cm³/mol. The van der Waals surface area contributed by atoms with Crippen molar-refractivity contribution in [2.45, 2.75) is 54.5 Å². The SMILES string of the molecule is CCc1cc2c(C)cc(=O)oc2c(C[NH+](CC(C)C)CC(C)C)c1O. The second-order valence-electron chi connectivity index (χ2n) is 7.96. The predicted octanol–water partition coefficient (Wildman–Crippen LogP) is 3.07. The van der Waals surface area contributed by atoms with E-state index in [1.807, 2.05) is 19.9 Å². The van der Waals surface area contributed by atoms with Crippen molar-refractivity contribution < 1.29 is 14.4 Å². The molecule has 1 aromatic heterocycles. The Balaban J connectivity index is 2.60. The molecule has 0 atom stereocenters. The van der Waals surface area contributed by atoms with E-state index in [0.717, 1.165) is 41.6 Å². The van der Waals surface area contributed by atoms with Crippen molar-refractivity contribution in [3.63, 3.8) is 0 Å². The molecule has 0 aliphatic heterocycles. The summed E-state index contributed by atoms with van der Waals surface area (Å²) in [5.74, 6) is 1.41. The Labute approximate surface area is 150 Å². The summed E-state index contributed by atoms with van der Waals surface area (Å²) in [7, 11) is 0. The number of benzene rings is 1. The maximum absolute atomic E-state index is 11.9. The molecule has 0 amide bonds. The minimum absolute atomic E-state index is 0.286. The highest BCUT2D eigenvalue weighted by atomic mass is 16.4. The van der Waals surface area contributed by atoms with Crippen molar-refractivity contribution in [3.8, 4) is 5.75 Å². The van der Waals surface area contributed by atoms with Gasteiger partial charge in [0.15, 0.2) is 5.58 Å². The number of rotatable bonds is 7. The Bertz CT molecular complexity index is 780. The quantitative estimate of drug-likeness (QED) is 0.758. The van der Waals surface area contributed by atoms with Crippen LogP contribution in [0.25, 0.3) is 11.0 Å². The van der Waals surface area contributed by atoms with Gasteiger partial charge in [-0.15, -0.1) is 0 Å². The molecule has 2 aromatic rings. The average molecular weight is 346 g/mol. The zero-order valence-electron chi connectivity index (χ0n) is 16.4. The van der Waals surface area contributed by atoms with Crippen molar-refractivity contribution in [1.82, 2.24) is 0 Å². The van der Waals surface area contributed by atoms with E-state index in [4.69, 9.17) is 4.42 Å². The van der Waals surface area contributed by atoms with E-state index in [-0.39, 0.29) is 11.4 Å². The fourth-order valence-electron chi connectivity index (χ4n) is 3.63. The number of aromatic hydroxyl groups is 1. The number of phenols is 1. The van der Waals surface area contributed by atoms with Crippen LogP contribution < -0.4 is 10.5 Å². The molecular formula is C21H32NO3+. The van der Waals surface area contributed by atoms with Crippen LogP contribution in [-0.2, 0) is 13.0 Å². The Kier molecular flexibility index (Phi) is 6.28. The minimum atomic E-state index is -0.357. The first kappa shape index (κ1) is 19.5. The molecule has 2 N–H and O–H groups in total. The van der Waals surface area contributed by atoms with Crippen molar-refractivity contribution in [1.29, 1.82) is 0 Å². The number of nitrogens with one attached hydrogen (secondary N) is 1. The molecule has 0 fully saturated rings. The molecule has 4 heteroatoms. The molecular weight excluding hydrogens is 314 g/mol. The molecule has 0 aliphatic rings. The summed E-state index contributed by atoms with van der Waals surface area (Å²) < 4.78 is 5.54. The average Bonchev–Trinajstić information content (AvgIpc) is 2.48.